The Morgan fingerprint density at radius 3 is 2.63 bits per heavy atom. The molecular formula is C20H17N7O2S. The Kier molecular flexibility index (Phi) is 5.40. The molecule has 0 unspecified atom stereocenters. The highest BCUT2D eigenvalue weighted by Crippen LogP contribution is 2.22. The predicted octanol–water partition coefficient (Wildman–Crippen LogP) is 2.62. The Morgan fingerprint density at radius 1 is 1.07 bits per heavy atom. The molecule has 0 aliphatic carbocycles. The highest BCUT2D eigenvalue weighted by atomic mass is 32.1. The molecule has 1 aromatic carbocycles. The van der Waals surface area contributed by atoms with Crippen LogP contribution in [0.5, 0.6) is 0 Å². The van der Waals surface area contributed by atoms with Crippen LogP contribution in [0.3, 0.4) is 0 Å². The van der Waals surface area contributed by atoms with Gasteiger partial charge in [0, 0.05) is 18.2 Å². The van der Waals surface area contributed by atoms with E-state index in [1.165, 1.54) is 29.1 Å². The van der Waals surface area contributed by atoms with E-state index in [9.17, 15) is 9.59 Å². The van der Waals surface area contributed by atoms with Crippen molar-refractivity contribution in [2.45, 2.75) is 20.4 Å². The van der Waals surface area contributed by atoms with E-state index in [0.717, 1.165) is 10.6 Å². The SMILES string of the molecule is CC(=O)c1nc(C)ccc1-n1cc(C(=O)NCc2nnc(-c3ccccc3)s2)nn1. The maximum absolute atomic E-state index is 12.5. The molecule has 4 aromatic rings. The molecule has 0 atom stereocenters. The number of rotatable bonds is 6. The Morgan fingerprint density at radius 2 is 1.87 bits per heavy atom. The van der Waals surface area contributed by atoms with Gasteiger partial charge in [-0.05, 0) is 19.1 Å². The van der Waals surface area contributed by atoms with E-state index in [1.54, 1.807) is 19.1 Å². The average Bonchev–Trinajstić information content (AvgIpc) is 3.43. The number of nitrogens with zero attached hydrogens (tertiary/aromatic N) is 6. The van der Waals surface area contributed by atoms with Crippen molar-refractivity contribution in [2.75, 3.05) is 0 Å². The Balaban J connectivity index is 1.46. The first-order valence-electron chi connectivity index (χ1n) is 9.08. The average molecular weight is 419 g/mol. The summed E-state index contributed by atoms with van der Waals surface area (Å²) in [6.07, 6.45) is 1.46. The van der Waals surface area contributed by atoms with Crippen molar-refractivity contribution in [1.29, 1.82) is 0 Å². The van der Waals surface area contributed by atoms with Crippen LogP contribution in [0, 0.1) is 6.92 Å². The van der Waals surface area contributed by atoms with Crippen molar-refractivity contribution < 1.29 is 9.59 Å². The van der Waals surface area contributed by atoms with Crippen LogP contribution >= 0.6 is 11.3 Å². The number of benzene rings is 1. The van der Waals surface area contributed by atoms with Gasteiger partial charge in [0.2, 0.25) is 0 Å². The maximum atomic E-state index is 12.5. The van der Waals surface area contributed by atoms with E-state index in [2.05, 4.69) is 30.8 Å². The monoisotopic (exact) mass is 419 g/mol. The molecule has 0 radical (unpaired) electrons. The number of aryl methyl sites for hydroxylation is 1. The minimum absolute atomic E-state index is 0.123. The molecule has 0 saturated heterocycles. The van der Waals surface area contributed by atoms with E-state index in [-0.39, 0.29) is 23.7 Å². The van der Waals surface area contributed by atoms with Crippen molar-refractivity contribution in [3.05, 3.63) is 70.8 Å². The van der Waals surface area contributed by atoms with Crippen LogP contribution in [0.15, 0.2) is 48.7 Å². The summed E-state index contributed by atoms with van der Waals surface area (Å²) in [5.41, 5.74) is 2.56. The molecule has 0 saturated carbocycles. The summed E-state index contributed by atoms with van der Waals surface area (Å²) in [7, 11) is 0. The molecule has 3 heterocycles. The van der Waals surface area contributed by atoms with Crippen LogP contribution in [0.2, 0.25) is 0 Å². The van der Waals surface area contributed by atoms with E-state index in [1.807, 2.05) is 30.3 Å². The largest absolute Gasteiger partial charge is 0.344 e. The number of carbonyl (C=O) groups excluding carboxylic acids is 2. The highest BCUT2D eigenvalue weighted by Gasteiger charge is 2.16. The number of pyridine rings is 1. The zero-order valence-corrected chi connectivity index (χ0v) is 17.1. The highest BCUT2D eigenvalue weighted by molar-refractivity contribution is 7.14. The molecule has 1 amide bonds. The van der Waals surface area contributed by atoms with E-state index in [4.69, 9.17) is 0 Å². The molecule has 0 spiro atoms. The summed E-state index contributed by atoms with van der Waals surface area (Å²) >= 11 is 1.41. The Hall–Kier alpha value is -3.79. The summed E-state index contributed by atoms with van der Waals surface area (Å²) in [5, 5.41) is 20.4. The zero-order valence-electron chi connectivity index (χ0n) is 16.2. The van der Waals surface area contributed by atoms with Gasteiger partial charge in [-0.1, -0.05) is 46.9 Å². The third-order valence-corrected chi connectivity index (χ3v) is 5.18. The fraction of sp³-hybridized carbons (Fsp3) is 0.150. The van der Waals surface area contributed by atoms with E-state index in [0.29, 0.717) is 16.4 Å². The van der Waals surface area contributed by atoms with Gasteiger partial charge in [0.15, 0.2) is 11.5 Å². The second-order valence-electron chi connectivity index (χ2n) is 6.47. The molecule has 0 bridgehead atoms. The summed E-state index contributed by atoms with van der Waals surface area (Å²) in [6, 6.07) is 13.2. The number of Topliss-reactive ketones (excluding diaryl/α,β-unsaturated/α-hetero) is 1. The quantitative estimate of drug-likeness (QED) is 0.478. The second-order valence-corrected chi connectivity index (χ2v) is 7.54. The minimum atomic E-state index is -0.401. The number of nitrogens with one attached hydrogen (secondary N) is 1. The van der Waals surface area contributed by atoms with E-state index < -0.39 is 5.91 Å². The van der Waals surface area contributed by atoms with E-state index >= 15 is 0 Å². The normalized spacial score (nSPS) is 10.7. The van der Waals surface area contributed by atoms with Crippen molar-refractivity contribution >= 4 is 23.0 Å². The molecule has 150 valence electrons. The molecule has 30 heavy (non-hydrogen) atoms. The van der Waals surface area contributed by atoms with Crippen LogP contribution in [-0.2, 0) is 6.54 Å². The summed E-state index contributed by atoms with van der Waals surface area (Å²) in [4.78, 5) is 28.6. The van der Waals surface area contributed by atoms with Gasteiger partial charge < -0.3 is 5.32 Å². The fourth-order valence-electron chi connectivity index (χ4n) is 2.75. The number of amides is 1. The van der Waals surface area contributed by atoms with Gasteiger partial charge in [0.1, 0.15) is 15.7 Å². The standard InChI is InChI=1S/C20H17N7O2S/c1-12-8-9-16(18(22-12)13(2)28)27-11-15(23-26-27)19(29)21-10-17-24-25-20(30-17)14-6-4-3-5-7-14/h3-9,11H,10H2,1-2H3,(H,21,29). The number of carbonyl (C=O) groups is 2. The molecule has 3 aromatic heterocycles. The lowest BCUT2D eigenvalue weighted by molar-refractivity contribution is 0.0945. The van der Waals surface area contributed by atoms with Crippen molar-refractivity contribution in [2.24, 2.45) is 0 Å². The first-order chi connectivity index (χ1) is 14.5. The lowest BCUT2D eigenvalue weighted by atomic mass is 10.2. The number of aromatic nitrogens is 6. The lowest BCUT2D eigenvalue weighted by Gasteiger charge is -2.06. The molecule has 0 fully saturated rings. The van der Waals surface area contributed by atoms with Crippen molar-refractivity contribution in [3.8, 4) is 16.3 Å². The van der Waals surface area contributed by atoms with Gasteiger partial charge in [-0.2, -0.15) is 0 Å². The Bertz CT molecular complexity index is 1220. The minimum Gasteiger partial charge on any atom is -0.344 e. The Labute approximate surface area is 175 Å². The molecule has 1 N–H and O–H groups in total. The van der Waals surface area contributed by atoms with Gasteiger partial charge >= 0.3 is 0 Å². The molecule has 4 rings (SSSR count). The molecule has 0 aliphatic heterocycles. The summed E-state index contributed by atoms with van der Waals surface area (Å²) < 4.78 is 1.37. The van der Waals surface area contributed by atoms with Crippen LogP contribution in [0.4, 0.5) is 0 Å². The first-order valence-corrected chi connectivity index (χ1v) is 9.90. The van der Waals surface area contributed by atoms with Gasteiger partial charge in [-0.25, -0.2) is 9.67 Å². The van der Waals surface area contributed by atoms with Crippen LogP contribution in [-0.4, -0.2) is 41.9 Å². The topological polar surface area (TPSA) is 116 Å². The third-order valence-electron chi connectivity index (χ3n) is 4.21. The lowest BCUT2D eigenvalue weighted by Crippen LogP contribution is -2.23. The summed E-state index contributed by atoms with van der Waals surface area (Å²) in [6.45, 7) is 3.45. The smallest absolute Gasteiger partial charge is 0.273 e. The van der Waals surface area contributed by atoms with Gasteiger partial charge in [0.05, 0.1) is 18.4 Å². The first kappa shape index (κ1) is 19.5. The zero-order chi connectivity index (χ0) is 21.1. The number of hydrogen-bond donors (Lipinski definition) is 1. The number of ketones is 1. The second kappa shape index (κ2) is 8.29. The molecule has 9 nitrogen and oxygen atoms in total. The van der Waals surface area contributed by atoms with Gasteiger partial charge in [-0.15, -0.1) is 15.3 Å². The molecular weight excluding hydrogens is 402 g/mol. The van der Waals surface area contributed by atoms with Gasteiger partial charge in [0.25, 0.3) is 5.91 Å². The molecule has 0 aliphatic rings. The van der Waals surface area contributed by atoms with Crippen molar-refractivity contribution in [3.63, 3.8) is 0 Å². The third kappa shape index (κ3) is 4.13. The molecule has 10 heteroatoms. The fourth-order valence-corrected chi connectivity index (χ4v) is 3.53. The van der Waals surface area contributed by atoms with Gasteiger partial charge in [-0.3, -0.25) is 9.59 Å². The van der Waals surface area contributed by atoms with Crippen LogP contribution < -0.4 is 5.32 Å². The van der Waals surface area contributed by atoms with Crippen LogP contribution in [0.1, 0.15) is 38.6 Å². The summed E-state index contributed by atoms with van der Waals surface area (Å²) in [5.74, 6) is -0.595. The number of hydrogen-bond acceptors (Lipinski definition) is 8. The maximum Gasteiger partial charge on any atom is 0.273 e. The predicted molar refractivity (Wildman–Crippen MR) is 110 cm³/mol. The van der Waals surface area contributed by atoms with Crippen LogP contribution in [0.25, 0.3) is 16.3 Å². The van der Waals surface area contributed by atoms with Crippen molar-refractivity contribution in [1.82, 2.24) is 35.5 Å².